The number of ether oxygens (including phenoxy) is 2. The summed E-state index contributed by atoms with van der Waals surface area (Å²) in [6.45, 7) is -8.71. The maximum Gasteiger partial charge on any atom is 0.386 e. The molecule has 0 radical (unpaired) electrons. The zero-order chi connectivity index (χ0) is 32.6. The quantitative estimate of drug-likeness (QED) is 0.121. The van der Waals surface area contributed by atoms with Gasteiger partial charge in [0.25, 0.3) is 0 Å². The van der Waals surface area contributed by atoms with Gasteiger partial charge in [0.05, 0.1) is 32.5 Å². The van der Waals surface area contributed by atoms with Crippen molar-refractivity contribution < 1.29 is 47.2 Å². The second-order valence-corrected chi connectivity index (χ2v) is 16.6. The van der Waals surface area contributed by atoms with E-state index in [2.05, 4.69) is 42.2 Å². The average molecular weight is 719 g/mol. The topological polar surface area (TPSA) is 272 Å². The monoisotopic (exact) mass is 718 g/mol. The molecule has 7 N–H and O–H groups in total. The first-order valence-corrected chi connectivity index (χ1v) is 18.9. The molecule has 3 aliphatic rings. The van der Waals surface area contributed by atoms with Gasteiger partial charge in [0, 0.05) is 5.92 Å². The first-order valence-electron chi connectivity index (χ1n) is 13.6. The van der Waals surface area contributed by atoms with Crippen LogP contribution in [0.2, 0.25) is 0 Å². The highest BCUT2D eigenvalue weighted by Crippen LogP contribution is 2.60. The maximum absolute atomic E-state index is 13.7. The summed E-state index contributed by atoms with van der Waals surface area (Å²) in [6, 6.07) is 0. The van der Waals surface area contributed by atoms with E-state index in [0.29, 0.717) is 11.2 Å². The lowest BCUT2D eigenvalue weighted by atomic mass is 9.92. The van der Waals surface area contributed by atoms with Gasteiger partial charge in [-0.15, -0.1) is 0 Å². The van der Waals surface area contributed by atoms with Crippen LogP contribution in [-0.2, 0) is 43.9 Å². The molecule has 46 heavy (non-hydrogen) atoms. The number of thiol groups is 1. The summed E-state index contributed by atoms with van der Waals surface area (Å²) in [5.74, 6) is -0.461. The molecular weight excluding hydrogens is 690 g/mol. The Kier molecular flexibility index (Phi) is 8.12. The zero-order valence-electron chi connectivity index (χ0n) is 23.7. The summed E-state index contributed by atoms with van der Waals surface area (Å²) in [6.07, 6.45) is -2.19. The Bertz CT molecular complexity index is 1900. The van der Waals surface area contributed by atoms with Crippen molar-refractivity contribution in [1.82, 2.24) is 39.0 Å². The molecule has 20 nitrogen and oxygen atoms in total. The van der Waals surface area contributed by atoms with Crippen LogP contribution >= 0.6 is 25.8 Å². The van der Waals surface area contributed by atoms with Gasteiger partial charge in [-0.3, -0.25) is 22.7 Å². The van der Waals surface area contributed by atoms with Crippen molar-refractivity contribution in [3.63, 3.8) is 0 Å². The molecular formula is C22H28N10O10P2S2. The summed E-state index contributed by atoms with van der Waals surface area (Å²) >= 11 is 9.53. The van der Waals surface area contributed by atoms with Gasteiger partial charge in [-0.25, -0.2) is 34.5 Å². The molecule has 3 saturated heterocycles. The Hall–Kier alpha value is -2.43. The minimum Gasteiger partial charge on any atom is -0.393 e. The number of rotatable bonds is 3. The van der Waals surface area contributed by atoms with Crippen molar-refractivity contribution in [2.45, 2.75) is 49.4 Å². The highest BCUT2D eigenvalue weighted by Gasteiger charge is 2.59. The largest absolute Gasteiger partial charge is 0.393 e. The van der Waals surface area contributed by atoms with Gasteiger partial charge >= 0.3 is 13.5 Å². The molecule has 0 saturated carbocycles. The van der Waals surface area contributed by atoms with Crippen molar-refractivity contribution in [2.24, 2.45) is 5.92 Å². The molecule has 10 atom stereocenters. The van der Waals surface area contributed by atoms with Crippen LogP contribution in [-0.4, -0.2) is 104 Å². The smallest absolute Gasteiger partial charge is 0.386 e. The summed E-state index contributed by atoms with van der Waals surface area (Å²) < 4.78 is 52.2. The number of anilines is 2. The second-order valence-electron chi connectivity index (χ2n) is 10.9. The molecule has 3 fully saturated rings. The fourth-order valence-corrected chi connectivity index (χ4v) is 8.86. The van der Waals surface area contributed by atoms with Crippen LogP contribution in [0.15, 0.2) is 25.3 Å². The molecule has 0 aliphatic carbocycles. The number of nitrogens with zero attached hydrogens (tertiary/aromatic N) is 8. The third-order valence-corrected chi connectivity index (χ3v) is 11.2. The lowest BCUT2D eigenvalue weighted by Crippen LogP contribution is -2.49. The SMILES string of the molecule is C[C@H]1[C@H](n2cnc3c(N)ncnc32)O[C@]2(CO)COP(O)(=S)O[C@@H]3[C@H](O)[C@@H](COP(=O)(S)O[C@@H]12)O[C@H]3n1cnc2c(N)ncnc21. The van der Waals surface area contributed by atoms with Gasteiger partial charge in [0.15, 0.2) is 29.2 Å². The highest BCUT2D eigenvalue weighted by atomic mass is 32.7. The highest BCUT2D eigenvalue weighted by molar-refractivity contribution is 8.44. The van der Waals surface area contributed by atoms with E-state index < -0.39 is 81.7 Å². The third-order valence-electron chi connectivity index (χ3n) is 8.08. The maximum atomic E-state index is 13.7. The average Bonchev–Trinajstić information content (AvgIpc) is 3.77. The van der Waals surface area contributed by atoms with Gasteiger partial charge in [0.1, 0.15) is 59.9 Å². The molecule has 248 valence electrons. The van der Waals surface area contributed by atoms with Crippen molar-refractivity contribution in [3.8, 4) is 0 Å². The Morgan fingerprint density at radius 2 is 1.63 bits per heavy atom. The Balaban J connectivity index is 1.24. The van der Waals surface area contributed by atoms with Crippen molar-refractivity contribution in [3.05, 3.63) is 25.3 Å². The first kappa shape index (κ1) is 32.1. The van der Waals surface area contributed by atoms with Gasteiger partial charge in [-0.1, -0.05) is 19.2 Å². The molecule has 2 unspecified atom stereocenters. The minimum absolute atomic E-state index is 0.0955. The molecule has 0 amide bonds. The van der Waals surface area contributed by atoms with Gasteiger partial charge in [0.2, 0.25) is 0 Å². The van der Waals surface area contributed by atoms with E-state index in [1.807, 2.05) is 0 Å². The Labute approximate surface area is 269 Å². The van der Waals surface area contributed by atoms with Crippen LogP contribution in [0.1, 0.15) is 19.4 Å². The van der Waals surface area contributed by atoms with Crippen LogP contribution in [0.25, 0.3) is 22.3 Å². The van der Waals surface area contributed by atoms with E-state index in [1.54, 1.807) is 11.5 Å². The van der Waals surface area contributed by atoms with Gasteiger partial charge < -0.3 is 40.6 Å². The molecule has 4 aromatic heterocycles. The normalized spacial score (nSPS) is 38.8. The number of aromatic nitrogens is 8. The number of hydrogen-bond acceptors (Lipinski definition) is 18. The fraction of sp³-hybridized carbons (Fsp3) is 0.545. The van der Waals surface area contributed by atoms with E-state index >= 15 is 0 Å². The van der Waals surface area contributed by atoms with E-state index in [-0.39, 0.29) is 22.8 Å². The fourth-order valence-electron chi connectivity index (χ4n) is 5.86. The Morgan fingerprint density at radius 1 is 1.02 bits per heavy atom. The minimum atomic E-state index is -4.28. The number of fused-ring (bicyclic) bond motifs is 5. The number of aliphatic hydroxyl groups excluding tert-OH is 2. The zero-order valence-corrected chi connectivity index (χ0v) is 27.2. The summed E-state index contributed by atoms with van der Waals surface area (Å²) in [5, 5.41) is 22.0. The molecule has 24 heteroatoms. The van der Waals surface area contributed by atoms with Crippen molar-refractivity contribution in [2.75, 3.05) is 31.3 Å². The van der Waals surface area contributed by atoms with E-state index in [4.69, 9.17) is 50.8 Å². The standard InChI is InChI=1S/C22H28N10O10P2S2/c1-9-15-22(3-33,40-20(9)31-7-29-11-16(23)25-5-27-18(11)31)4-38-44(36,46)41-14-13(34)10(2-37-43(35,45)42-15)39-21(14)32-8-30-12-17(24)26-6-28-19(12)32/h5-10,13-15,20-21,33-34H,2-4H2,1H3,(H,35,45)(H,36,46)(H2,23,25,27)(H2,24,26,28)/t9-,10-,13-,14-,15+,20-,21-,22-,43?,44?/m1/s1. The van der Waals surface area contributed by atoms with E-state index in [9.17, 15) is 19.7 Å². The summed E-state index contributed by atoms with van der Waals surface area (Å²) in [4.78, 5) is 36.1. The molecule has 3 aliphatic heterocycles. The number of aliphatic hydroxyl groups is 2. The number of nitrogens with two attached hydrogens (primary N) is 2. The lowest BCUT2D eigenvalue weighted by Gasteiger charge is -2.35. The van der Waals surface area contributed by atoms with Crippen molar-refractivity contribution in [1.29, 1.82) is 0 Å². The van der Waals surface area contributed by atoms with Gasteiger partial charge in [-0.2, -0.15) is 0 Å². The van der Waals surface area contributed by atoms with Crippen LogP contribution in [0.3, 0.4) is 0 Å². The van der Waals surface area contributed by atoms with Crippen LogP contribution in [0.4, 0.5) is 11.6 Å². The van der Waals surface area contributed by atoms with E-state index in [0.717, 1.165) is 0 Å². The third kappa shape index (κ3) is 5.40. The van der Waals surface area contributed by atoms with Crippen LogP contribution < -0.4 is 11.5 Å². The predicted octanol–water partition coefficient (Wildman–Crippen LogP) is 0.0568. The summed E-state index contributed by atoms with van der Waals surface area (Å²) in [7, 11) is 0. The summed E-state index contributed by atoms with van der Waals surface area (Å²) in [5.41, 5.74) is 11.2. The molecule has 0 aromatic carbocycles. The Morgan fingerprint density at radius 3 is 2.24 bits per heavy atom. The number of nitrogen functional groups attached to an aromatic ring is 2. The van der Waals surface area contributed by atoms with Gasteiger partial charge in [-0.05, 0) is 11.8 Å². The molecule has 7 rings (SSSR count). The van der Waals surface area contributed by atoms with E-state index in [1.165, 1.54) is 29.9 Å². The van der Waals surface area contributed by atoms with Crippen LogP contribution in [0, 0.1) is 5.92 Å². The van der Waals surface area contributed by atoms with Crippen molar-refractivity contribution >= 4 is 71.5 Å². The molecule has 7 heterocycles. The lowest BCUT2D eigenvalue weighted by molar-refractivity contribution is -0.144. The number of imidazole rings is 2. The molecule has 0 spiro atoms. The second kappa shape index (κ2) is 11.6. The molecule has 2 bridgehead atoms. The predicted molar refractivity (Wildman–Crippen MR) is 163 cm³/mol. The molecule has 4 aromatic rings. The number of hydrogen-bond donors (Lipinski definition) is 6. The first-order chi connectivity index (χ1) is 21.8. The van der Waals surface area contributed by atoms with Crippen LogP contribution in [0.5, 0.6) is 0 Å².